The van der Waals surface area contributed by atoms with Crippen LogP contribution in [0.15, 0.2) is 22.8 Å². The Hall–Kier alpha value is -0.470. The fourth-order valence-corrected chi connectivity index (χ4v) is 1.88. The second-order valence-corrected chi connectivity index (χ2v) is 3.98. The Morgan fingerprint density at radius 2 is 2.17 bits per heavy atom. The molecule has 0 aliphatic heterocycles. The summed E-state index contributed by atoms with van der Waals surface area (Å²) in [4.78, 5) is 3.20. The van der Waals surface area contributed by atoms with E-state index in [9.17, 15) is 0 Å². The van der Waals surface area contributed by atoms with E-state index >= 15 is 0 Å². The Balaban J connectivity index is 2.87. The van der Waals surface area contributed by atoms with Crippen molar-refractivity contribution in [2.75, 3.05) is 0 Å². The third-order valence-electron chi connectivity index (χ3n) is 1.96. The Morgan fingerprint density at radius 1 is 1.42 bits per heavy atom. The summed E-state index contributed by atoms with van der Waals surface area (Å²) in [5.41, 5.74) is 2.30. The van der Waals surface area contributed by atoms with Crippen LogP contribution in [0.5, 0.6) is 0 Å². The SMILES string of the molecule is Cc1c(Br)[nH]c2cc(Cl)ccc12. The first kappa shape index (κ1) is 8.14. The smallest absolute Gasteiger partial charge is 0.0860 e. The minimum atomic E-state index is 0.760. The Labute approximate surface area is 83.9 Å². The molecular formula is C9H7BrClN. The second kappa shape index (κ2) is 2.79. The number of hydrogen-bond donors (Lipinski definition) is 1. The van der Waals surface area contributed by atoms with Gasteiger partial charge in [0.25, 0.3) is 0 Å². The molecule has 0 bridgehead atoms. The van der Waals surface area contributed by atoms with Crippen LogP contribution < -0.4 is 0 Å². The van der Waals surface area contributed by atoms with Crippen LogP contribution in [0.1, 0.15) is 5.56 Å². The molecule has 0 spiro atoms. The summed E-state index contributed by atoms with van der Waals surface area (Å²) < 4.78 is 1.03. The third kappa shape index (κ3) is 1.15. The van der Waals surface area contributed by atoms with Crippen LogP contribution in [-0.2, 0) is 0 Å². The summed E-state index contributed by atoms with van der Waals surface area (Å²) in [5.74, 6) is 0. The fraction of sp³-hybridized carbons (Fsp3) is 0.111. The van der Waals surface area contributed by atoms with E-state index in [4.69, 9.17) is 11.6 Å². The number of aromatic nitrogens is 1. The van der Waals surface area contributed by atoms with Gasteiger partial charge in [0.15, 0.2) is 0 Å². The van der Waals surface area contributed by atoms with Crippen LogP contribution in [0.25, 0.3) is 10.9 Å². The van der Waals surface area contributed by atoms with E-state index < -0.39 is 0 Å². The molecule has 0 saturated heterocycles. The van der Waals surface area contributed by atoms with E-state index in [1.807, 2.05) is 18.2 Å². The number of hydrogen-bond acceptors (Lipinski definition) is 0. The lowest BCUT2D eigenvalue weighted by molar-refractivity contribution is 1.36. The van der Waals surface area contributed by atoms with Gasteiger partial charge in [-0.1, -0.05) is 17.7 Å². The van der Waals surface area contributed by atoms with E-state index in [2.05, 4.69) is 27.8 Å². The number of halogens is 2. The summed E-state index contributed by atoms with van der Waals surface area (Å²) in [6, 6.07) is 5.85. The van der Waals surface area contributed by atoms with E-state index in [-0.39, 0.29) is 0 Å². The van der Waals surface area contributed by atoms with Crippen LogP contribution in [0, 0.1) is 6.92 Å². The van der Waals surface area contributed by atoms with E-state index in [0.717, 1.165) is 15.1 Å². The first-order chi connectivity index (χ1) is 5.68. The third-order valence-corrected chi connectivity index (χ3v) is 2.99. The molecule has 12 heavy (non-hydrogen) atoms. The highest BCUT2D eigenvalue weighted by atomic mass is 79.9. The van der Waals surface area contributed by atoms with Gasteiger partial charge in [0.2, 0.25) is 0 Å². The van der Waals surface area contributed by atoms with Gasteiger partial charge in [-0.2, -0.15) is 0 Å². The van der Waals surface area contributed by atoms with Crippen LogP contribution >= 0.6 is 27.5 Å². The van der Waals surface area contributed by atoms with Gasteiger partial charge in [0.1, 0.15) is 0 Å². The van der Waals surface area contributed by atoms with Crippen molar-refractivity contribution in [3.05, 3.63) is 33.4 Å². The highest BCUT2D eigenvalue weighted by Crippen LogP contribution is 2.27. The van der Waals surface area contributed by atoms with Crippen molar-refractivity contribution < 1.29 is 0 Å². The van der Waals surface area contributed by atoms with Crippen LogP contribution in [0.3, 0.4) is 0 Å². The molecule has 0 saturated carbocycles. The lowest BCUT2D eigenvalue weighted by Crippen LogP contribution is -1.68. The van der Waals surface area contributed by atoms with Gasteiger partial charge in [-0.15, -0.1) is 0 Å². The molecule has 0 fully saturated rings. The molecule has 1 aromatic carbocycles. The molecule has 0 amide bonds. The monoisotopic (exact) mass is 243 g/mol. The molecule has 2 aromatic rings. The molecule has 0 aliphatic rings. The average molecular weight is 245 g/mol. The normalized spacial score (nSPS) is 10.9. The van der Waals surface area contributed by atoms with Crippen molar-refractivity contribution in [3.63, 3.8) is 0 Å². The molecule has 0 unspecified atom stereocenters. The first-order valence-electron chi connectivity index (χ1n) is 3.62. The highest BCUT2D eigenvalue weighted by molar-refractivity contribution is 9.10. The molecule has 62 valence electrons. The second-order valence-electron chi connectivity index (χ2n) is 2.75. The van der Waals surface area contributed by atoms with E-state index in [0.29, 0.717) is 0 Å². The summed E-state index contributed by atoms with van der Waals surface area (Å²) in [6.07, 6.45) is 0. The van der Waals surface area contributed by atoms with Crippen molar-refractivity contribution in [2.45, 2.75) is 6.92 Å². The Kier molecular flexibility index (Phi) is 1.89. The molecule has 0 aliphatic carbocycles. The molecule has 1 nitrogen and oxygen atoms in total. The predicted molar refractivity (Wildman–Crippen MR) is 55.7 cm³/mol. The Morgan fingerprint density at radius 3 is 2.92 bits per heavy atom. The quantitative estimate of drug-likeness (QED) is 0.724. The molecule has 2 rings (SSSR count). The Bertz CT molecular complexity index is 433. The van der Waals surface area contributed by atoms with E-state index in [1.54, 1.807) is 0 Å². The number of aromatic amines is 1. The zero-order valence-electron chi connectivity index (χ0n) is 6.49. The van der Waals surface area contributed by atoms with E-state index in [1.165, 1.54) is 10.9 Å². The van der Waals surface area contributed by atoms with Gasteiger partial charge < -0.3 is 4.98 Å². The molecule has 0 atom stereocenters. The minimum Gasteiger partial charge on any atom is -0.349 e. The van der Waals surface area contributed by atoms with Crippen LogP contribution in [0.4, 0.5) is 0 Å². The van der Waals surface area contributed by atoms with Gasteiger partial charge in [0.05, 0.1) is 4.60 Å². The maximum atomic E-state index is 5.84. The van der Waals surface area contributed by atoms with Gasteiger partial charge in [-0.05, 0) is 40.5 Å². The maximum Gasteiger partial charge on any atom is 0.0860 e. The molecule has 1 heterocycles. The number of fused-ring (bicyclic) bond motifs is 1. The number of benzene rings is 1. The minimum absolute atomic E-state index is 0.760. The van der Waals surface area contributed by atoms with Crippen molar-refractivity contribution in [2.24, 2.45) is 0 Å². The van der Waals surface area contributed by atoms with Gasteiger partial charge in [-0.25, -0.2) is 0 Å². The number of rotatable bonds is 0. The van der Waals surface area contributed by atoms with Gasteiger partial charge in [-0.3, -0.25) is 0 Å². The van der Waals surface area contributed by atoms with Crippen molar-refractivity contribution >= 4 is 38.4 Å². The molecular weight excluding hydrogens is 237 g/mol. The maximum absolute atomic E-state index is 5.84. The summed E-state index contributed by atoms with van der Waals surface area (Å²) in [7, 11) is 0. The summed E-state index contributed by atoms with van der Waals surface area (Å²) in [5, 5.41) is 1.97. The highest BCUT2D eigenvalue weighted by Gasteiger charge is 2.04. The lowest BCUT2D eigenvalue weighted by atomic mass is 10.2. The first-order valence-corrected chi connectivity index (χ1v) is 4.79. The zero-order valence-corrected chi connectivity index (χ0v) is 8.83. The average Bonchev–Trinajstić information content (AvgIpc) is 2.28. The standard InChI is InChI=1S/C9H7BrClN/c1-5-7-3-2-6(11)4-8(7)12-9(5)10/h2-4,12H,1H3. The predicted octanol–water partition coefficient (Wildman–Crippen LogP) is 3.89. The molecule has 0 radical (unpaired) electrons. The topological polar surface area (TPSA) is 15.8 Å². The molecule has 1 aromatic heterocycles. The van der Waals surface area contributed by atoms with Gasteiger partial charge in [0, 0.05) is 15.9 Å². The molecule has 1 N–H and O–H groups in total. The summed E-state index contributed by atoms with van der Waals surface area (Å²) >= 11 is 9.28. The number of H-pyrrole nitrogens is 1. The summed E-state index contributed by atoms with van der Waals surface area (Å²) in [6.45, 7) is 2.07. The van der Waals surface area contributed by atoms with Crippen molar-refractivity contribution in [1.29, 1.82) is 0 Å². The van der Waals surface area contributed by atoms with Gasteiger partial charge >= 0.3 is 0 Å². The molecule has 3 heteroatoms. The fourth-order valence-electron chi connectivity index (χ4n) is 1.28. The van der Waals surface area contributed by atoms with Crippen LogP contribution in [0.2, 0.25) is 5.02 Å². The van der Waals surface area contributed by atoms with Crippen molar-refractivity contribution in [1.82, 2.24) is 4.98 Å². The zero-order chi connectivity index (χ0) is 8.72. The number of aryl methyl sites for hydroxylation is 1. The van der Waals surface area contributed by atoms with Crippen molar-refractivity contribution in [3.8, 4) is 0 Å². The largest absolute Gasteiger partial charge is 0.349 e. The van der Waals surface area contributed by atoms with Crippen LogP contribution in [-0.4, -0.2) is 4.98 Å². The lowest BCUT2D eigenvalue weighted by Gasteiger charge is -1.91. The number of nitrogens with one attached hydrogen (secondary N) is 1.